The standard InChI is InChI=1S/C12H24N2O4/c1-4-14(10(2)9-11(15)16)12(17)13-7-5-6-8-18-3/h10H,4-9H2,1-3H3,(H,13,17)(H,15,16). The van der Waals surface area contributed by atoms with Crippen LogP contribution in [0.25, 0.3) is 0 Å². The van der Waals surface area contributed by atoms with Crippen molar-refractivity contribution in [1.82, 2.24) is 10.2 Å². The summed E-state index contributed by atoms with van der Waals surface area (Å²) in [6, 6.07) is -0.504. The van der Waals surface area contributed by atoms with E-state index in [1.54, 1.807) is 14.0 Å². The lowest BCUT2D eigenvalue weighted by atomic mass is 10.2. The van der Waals surface area contributed by atoms with Crippen molar-refractivity contribution in [2.24, 2.45) is 0 Å². The summed E-state index contributed by atoms with van der Waals surface area (Å²) < 4.78 is 4.91. The first-order valence-electron chi connectivity index (χ1n) is 6.28. The molecule has 1 atom stereocenters. The van der Waals surface area contributed by atoms with Gasteiger partial charge in [0.25, 0.3) is 0 Å². The van der Waals surface area contributed by atoms with Gasteiger partial charge in [0.15, 0.2) is 0 Å². The van der Waals surface area contributed by atoms with E-state index in [4.69, 9.17) is 9.84 Å². The van der Waals surface area contributed by atoms with Crippen LogP contribution in [0.3, 0.4) is 0 Å². The number of ether oxygens (including phenoxy) is 1. The molecule has 106 valence electrons. The number of amides is 2. The molecule has 2 N–H and O–H groups in total. The predicted octanol–water partition coefficient (Wildman–Crippen LogP) is 1.31. The first kappa shape index (κ1) is 16.7. The van der Waals surface area contributed by atoms with Crippen molar-refractivity contribution >= 4 is 12.0 Å². The Hall–Kier alpha value is -1.30. The highest BCUT2D eigenvalue weighted by Gasteiger charge is 2.19. The van der Waals surface area contributed by atoms with Gasteiger partial charge in [-0.05, 0) is 26.7 Å². The van der Waals surface area contributed by atoms with E-state index >= 15 is 0 Å². The monoisotopic (exact) mass is 260 g/mol. The van der Waals surface area contributed by atoms with E-state index in [0.717, 1.165) is 12.8 Å². The summed E-state index contributed by atoms with van der Waals surface area (Å²) in [5, 5.41) is 11.5. The van der Waals surface area contributed by atoms with Gasteiger partial charge in [0.05, 0.1) is 6.42 Å². The van der Waals surface area contributed by atoms with E-state index in [1.807, 2.05) is 6.92 Å². The topological polar surface area (TPSA) is 78.9 Å². The van der Waals surface area contributed by atoms with Gasteiger partial charge < -0.3 is 20.1 Å². The number of methoxy groups -OCH3 is 1. The van der Waals surface area contributed by atoms with Crippen molar-refractivity contribution in [1.29, 1.82) is 0 Å². The fourth-order valence-electron chi connectivity index (χ4n) is 1.69. The molecule has 0 aromatic carbocycles. The van der Waals surface area contributed by atoms with Crippen LogP contribution in [-0.2, 0) is 9.53 Å². The number of carbonyl (C=O) groups is 2. The van der Waals surface area contributed by atoms with Crippen LogP contribution in [0.2, 0.25) is 0 Å². The van der Waals surface area contributed by atoms with E-state index in [0.29, 0.717) is 19.7 Å². The quantitative estimate of drug-likeness (QED) is 0.613. The van der Waals surface area contributed by atoms with Gasteiger partial charge in [-0.25, -0.2) is 4.79 Å². The number of hydrogen-bond donors (Lipinski definition) is 2. The summed E-state index contributed by atoms with van der Waals surface area (Å²) in [7, 11) is 1.64. The van der Waals surface area contributed by atoms with Crippen molar-refractivity contribution < 1.29 is 19.4 Å². The van der Waals surface area contributed by atoms with Crippen LogP contribution < -0.4 is 5.32 Å². The number of unbranched alkanes of at least 4 members (excludes halogenated alkanes) is 1. The van der Waals surface area contributed by atoms with Crippen LogP contribution in [-0.4, -0.2) is 54.9 Å². The van der Waals surface area contributed by atoms with Crippen molar-refractivity contribution in [3.63, 3.8) is 0 Å². The van der Waals surface area contributed by atoms with Gasteiger partial charge in [-0.2, -0.15) is 0 Å². The first-order chi connectivity index (χ1) is 8.52. The van der Waals surface area contributed by atoms with Gasteiger partial charge in [0, 0.05) is 32.8 Å². The minimum Gasteiger partial charge on any atom is -0.481 e. The number of carboxylic acids is 1. The highest BCUT2D eigenvalue weighted by molar-refractivity contribution is 5.75. The molecule has 0 saturated heterocycles. The first-order valence-corrected chi connectivity index (χ1v) is 6.28. The molecule has 0 spiro atoms. The molecule has 0 radical (unpaired) electrons. The average molecular weight is 260 g/mol. The second kappa shape index (κ2) is 9.70. The Labute approximate surface area is 108 Å². The molecule has 2 amide bonds. The highest BCUT2D eigenvalue weighted by Crippen LogP contribution is 2.04. The molecule has 0 rings (SSSR count). The van der Waals surface area contributed by atoms with Gasteiger partial charge in [-0.1, -0.05) is 0 Å². The third kappa shape index (κ3) is 7.11. The SMILES string of the molecule is CCN(C(=O)NCCCCOC)C(C)CC(=O)O. The van der Waals surface area contributed by atoms with E-state index in [9.17, 15) is 9.59 Å². The van der Waals surface area contributed by atoms with Crippen LogP contribution in [0.5, 0.6) is 0 Å². The van der Waals surface area contributed by atoms with Gasteiger partial charge in [0.1, 0.15) is 0 Å². The molecule has 6 nitrogen and oxygen atoms in total. The molecule has 0 aliphatic heterocycles. The third-order valence-corrected chi connectivity index (χ3v) is 2.66. The zero-order valence-corrected chi connectivity index (χ0v) is 11.4. The fraction of sp³-hybridized carbons (Fsp3) is 0.833. The third-order valence-electron chi connectivity index (χ3n) is 2.66. The molecule has 0 fully saturated rings. The van der Waals surface area contributed by atoms with E-state index in [-0.39, 0.29) is 18.5 Å². The Morgan fingerprint density at radius 3 is 2.56 bits per heavy atom. The second-order valence-electron chi connectivity index (χ2n) is 4.16. The lowest BCUT2D eigenvalue weighted by molar-refractivity contribution is -0.138. The number of urea groups is 1. The van der Waals surface area contributed by atoms with Gasteiger partial charge in [-0.3, -0.25) is 4.79 Å². The largest absolute Gasteiger partial charge is 0.481 e. The van der Waals surface area contributed by atoms with Crippen LogP contribution >= 0.6 is 0 Å². The van der Waals surface area contributed by atoms with Crippen LogP contribution in [0, 0.1) is 0 Å². The minimum atomic E-state index is -0.895. The molecule has 0 aromatic heterocycles. The molecule has 0 bridgehead atoms. The predicted molar refractivity (Wildman–Crippen MR) is 68.6 cm³/mol. The van der Waals surface area contributed by atoms with Crippen molar-refractivity contribution in [3.05, 3.63) is 0 Å². The Kier molecular flexibility index (Phi) is 9.00. The van der Waals surface area contributed by atoms with Crippen molar-refractivity contribution in [3.8, 4) is 0 Å². The Morgan fingerprint density at radius 2 is 2.06 bits per heavy atom. The molecule has 0 aliphatic rings. The molecule has 0 aromatic rings. The molecule has 0 saturated carbocycles. The summed E-state index contributed by atoms with van der Waals surface area (Å²) in [5.41, 5.74) is 0. The molecular formula is C12H24N2O4. The van der Waals surface area contributed by atoms with Crippen LogP contribution in [0.4, 0.5) is 4.79 Å². The van der Waals surface area contributed by atoms with Gasteiger partial charge in [-0.15, -0.1) is 0 Å². The van der Waals surface area contributed by atoms with Crippen molar-refractivity contribution in [2.75, 3.05) is 26.8 Å². The summed E-state index contributed by atoms with van der Waals surface area (Å²) in [6.45, 7) is 5.34. The highest BCUT2D eigenvalue weighted by atomic mass is 16.5. The zero-order valence-electron chi connectivity index (χ0n) is 11.4. The number of hydrogen-bond acceptors (Lipinski definition) is 3. The Bertz CT molecular complexity index is 258. The molecule has 6 heteroatoms. The molecule has 1 unspecified atom stereocenters. The molecule has 0 heterocycles. The number of carbonyl (C=O) groups excluding carboxylic acids is 1. The van der Waals surface area contributed by atoms with Gasteiger partial charge in [0.2, 0.25) is 0 Å². The smallest absolute Gasteiger partial charge is 0.317 e. The van der Waals surface area contributed by atoms with E-state index in [1.165, 1.54) is 4.90 Å². The average Bonchev–Trinajstić information content (AvgIpc) is 2.28. The summed E-state index contributed by atoms with van der Waals surface area (Å²) >= 11 is 0. The number of nitrogens with one attached hydrogen (secondary N) is 1. The maximum absolute atomic E-state index is 11.8. The maximum Gasteiger partial charge on any atom is 0.317 e. The van der Waals surface area contributed by atoms with E-state index < -0.39 is 5.97 Å². The Morgan fingerprint density at radius 1 is 1.39 bits per heavy atom. The lowest BCUT2D eigenvalue weighted by Gasteiger charge is -2.27. The zero-order chi connectivity index (χ0) is 14.0. The van der Waals surface area contributed by atoms with E-state index in [2.05, 4.69) is 5.32 Å². The van der Waals surface area contributed by atoms with Gasteiger partial charge >= 0.3 is 12.0 Å². The molecule has 18 heavy (non-hydrogen) atoms. The summed E-state index contributed by atoms with van der Waals surface area (Å²) in [5.74, 6) is -0.895. The molecule has 0 aliphatic carbocycles. The fourth-order valence-corrected chi connectivity index (χ4v) is 1.69. The summed E-state index contributed by atoms with van der Waals surface area (Å²) in [4.78, 5) is 24.0. The normalized spacial score (nSPS) is 11.9. The summed E-state index contributed by atoms with van der Waals surface area (Å²) in [6.07, 6.45) is 1.71. The number of rotatable bonds is 9. The Balaban J connectivity index is 3.98. The van der Waals surface area contributed by atoms with Crippen LogP contribution in [0.15, 0.2) is 0 Å². The second-order valence-corrected chi connectivity index (χ2v) is 4.16. The van der Waals surface area contributed by atoms with Crippen molar-refractivity contribution in [2.45, 2.75) is 39.2 Å². The minimum absolute atomic E-state index is 0.0368. The number of aliphatic carboxylic acids is 1. The number of carboxylic acid groups (broad SMARTS) is 1. The maximum atomic E-state index is 11.8. The number of nitrogens with zero attached hydrogens (tertiary/aromatic N) is 1. The lowest BCUT2D eigenvalue weighted by Crippen LogP contribution is -2.45. The molecular weight excluding hydrogens is 236 g/mol. The van der Waals surface area contributed by atoms with Crippen LogP contribution in [0.1, 0.15) is 33.1 Å².